The number of halogens is 2. The highest BCUT2D eigenvalue weighted by Gasteiger charge is 2.44. The molecule has 0 bridgehead atoms. The molecular weight excluding hydrogens is 467 g/mol. The number of fused-ring (bicyclic) bond motifs is 1. The Bertz CT molecular complexity index is 1250. The molecule has 2 aliphatic rings. The molecule has 3 N–H and O–H groups in total. The van der Waals surface area contributed by atoms with Gasteiger partial charge in [0, 0.05) is 31.3 Å². The molecule has 2 aromatic rings. The van der Waals surface area contributed by atoms with E-state index in [0.29, 0.717) is 12.0 Å². The van der Waals surface area contributed by atoms with Gasteiger partial charge in [-0.25, -0.2) is 12.8 Å². The third-order valence-electron chi connectivity index (χ3n) is 5.63. The number of sulfonamides is 1. The van der Waals surface area contributed by atoms with Crippen LogP contribution in [-0.2, 0) is 27.9 Å². The average molecular weight is 485 g/mol. The van der Waals surface area contributed by atoms with Crippen molar-refractivity contribution in [3.63, 3.8) is 0 Å². The topological polar surface area (TPSA) is 135 Å². The number of nitrogens with zero attached hydrogens (tertiary/aromatic N) is 2. The van der Waals surface area contributed by atoms with E-state index in [-0.39, 0.29) is 42.2 Å². The Balaban J connectivity index is 1.75. The zero-order chi connectivity index (χ0) is 23.4. The van der Waals surface area contributed by atoms with Gasteiger partial charge >= 0.3 is 5.97 Å². The van der Waals surface area contributed by atoms with Gasteiger partial charge in [-0.05, 0) is 30.5 Å². The van der Waals surface area contributed by atoms with E-state index in [4.69, 9.17) is 11.6 Å². The van der Waals surface area contributed by atoms with Crippen molar-refractivity contribution in [1.82, 2.24) is 9.21 Å². The number of hydrogen-bond donors (Lipinski definition) is 3. The maximum absolute atomic E-state index is 13.4. The highest BCUT2D eigenvalue weighted by Crippen LogP contribution is 2.43. The van der Waals surface area contributed by atoms with E-state index in [2.05, 4.69) is 0 Å². The van der Waals surface area contributed by atoms with Gasteiger partial charge in [0.25, 0.3) is 5.91 Å². The fraction of sp³-hybridized carbons (Fsp3) is 0.300. The molecule has 4 rings (SSSR count). The molecule has 0 spiro atoms. The molecule has 1 saturated heterocycles. The van der Waals surface area contributed by atoms with E-state index in [1.54, 1.807) is 0 Å². The third kappa shape index (κ3) is 3.55. The predicted octanol–water partition coefficient (Wildman–Crippen LogP) is 2.28. The Hall–Kier alpha value is -2.89. The van der Waals surface area contributed by atoms with Crippen molar-refractivity contribution in [2.75, 3.05) is 6.54 Å². The molecule has 0 aliphatic carbocycles. The number of phenols is 2. The van der Waals surface area contributed by atoms with Crippen LogP contribution in [-0.4, -0.2) is 57.4 Å². The van der Waals surface area contributed by atoms with Crippen molar-refractivity contribution in [2.45, 2.75) is 36.9 Å². The monoisotopic (exact) mass is 484 g/mol. The first-order valence-corrected chi connectivity index (χ1v) is 11.4. The predicted molar refractivity (Wildman–Crippen MR) is 109 cm³/mol. The number of carbonyl (C=O) groups is 2. The molecule has 12 heteroatoms. The van der Waals surface area contributed by atoms with Crippen LogP contribution in [0.15, 0.2) is 29.2 Å². The van der Waals surface area contributed by atoms with Gasteiger partial charge in [0.1, 0.15) is 11.9 Å². The number of benzene rings is 2. The smallest absolute Gasteiger partial charge is 0.322 e. The molecular formula is C20H18ClFN2O7S. The number of amides is 1. The second kappa shape index (κ2) is 7.91. The lowest BCUT2D eigenvalue weighted by molar-refractivity contribution is -0.140. The van der Waals surface area contributed by atoms with Crippen LogP contribution in [0.3, 0.4) is 0 Å². The summed E-state index contributed by atoms with van der Waals surface area (Å²) in [7, 11) is -4.40. The standard InChI is InChI=1S/C20H18ClFN2O7S/c21-12-6-10(3-4-13(12)22)8-23-9-11-16(7-15(25)18(26)17(11)19(23)27)32(30,31)24-5-1-2-14(24)20(28)29/h3-4,6-7,14,25-26H,1-2,5,8-9H2,(H,28,29)/t14-/m0/s1. The maximum atomic E-state index is 13.4. The molecule has 32 heavy (non-hydrogen) atoms. The van der Waals surface area contributed by atoms with Crippen LogP contribution in [0.25, 0.3) is 0 Å². The first kappa shape index (κ1) is 22.3. The SMILES string of the molecule is O=C(O)[C@@H]1CCCN1S(=O)(=O)c1cc(O)c(O)c2c1CN(Cc1ccc(F)c(Cl)c1)C2=O. The van der Waals surface area contributed by atoms with E-state index in [9.17, 15) is 37.7 Å². The third-order valence-corrected chi connectivity index (χ3v) is 7.89. The number of rotatable bonds is 5. The van der Waals surface area contributed by atoms with Gasteiger partial charge in [-0.2, -0.15) is 4.31 Å². The summed E-state index contributed by atoms with van der Waals surface area (Å²) in [4.78, 5) is 25.2. The molecule has 1 amide bonds. The summed E-state index contributed by atoms with van der Waals surface area (Å²) in [6, 6.07) is 3.43. The van der Waals surface area contributed by atoms with Gasteiger partial charge in [-0.1, -0.05) is 17.7 Å². The molecule has 2 aromatic carbocycles. The number of aliphatic carboxylic acids is 1. The van der Waals surface area contributed by atoms with E-state index in [1.165, 1.54) is 17.0 Å². The molecule has 2 aliphatic heterocycles. The lowest BCUT2D eigenvalue weighted by atomic mass is 10.1. The van der Waals surface area contributed by atoms with Crippen LogP contribution in [0.5, 0.6) is 11.5 Å². The van der Waals surface area contributed by atoms with Gasteiger partial charge < -0.3 is 20.2 Å². The maximum Gasteiger partial charge on any atom is 0.322 e. The normalized spacial score (nSPS) is 18.9. The Morgan fingerprint density at radius 1 is 1.25 bits per heavy atom. The lowest BCUT2D eigenvalue weighted by Crippen LogP contribution is -2.40. The van der Waals surface area contributed by atoms with Crippen LogP contribution in [0.2, 0.25) is 5.02 Å². The fourth-order valence-corrected chi connectivity index (χ4v) is 6.19. The molecule has 0 saturated carbocycles. The Morgan fingerprint density at radius 3 is 2.62 bits per heavy atom. The zero-order valence-corrected chi connectivity index (χ0v) is 18.0. The molecule has 0 radical (unpaired) electrons. The average Bonchev–Trinajstić information content (AvgIpc) is 3.34. The van der Waals surface area contributed by atoms with Crippen LogP contribution in [0, 0.1) is 5.82 Å². The molecule has 170 valence electrons. The molecule has 1 fully saturated rings. The quantitative estimate of drug-likeness (QED) is 0.554. The minimum Gasteiger partial charge on any atom is -0.504 e. The molecule has 2 heterocycles. The van der Waals surface area contributed by atoms with Crippen molar-refractivity contribution in [3.05, 3.63) is 51.8 Å². The van der Waals surface area contributed by atoms with Gasteiger partial charge in [0.2, 0.25) is 10.0 Å². The van der Waals surface area contributed by atoms with Crippen LogP contribution >= 0.6 is 11.6 Å². The summed E-state index contributed by atoms with van der Waals surface area (Å²) in [6.07, 6.45) is 0.482. The van der Waals surface area contributed by atoms with Crippen molar-refractivity contribution < 1.29 is 37.7 Å². The second-order valence-corrected chi connectivity index (χ2v) is 9.88. The summed E-state index contributed by atoms with van der Waals surface area (Å²) in [5.74, 6) is -4.24. The largest absolute Gasteiger partial charge is 0.504 e. The van der Waals surface area contributed by atoms with Crippen molar-refractivity contribution in [1.29, 1.82) is 0 Å². The summed E-state index contributed by atoms with van der Waals surface area (Å²) in [5, 5.41) is 29.6. The first-order valence-electron chi connectivity index (χ1n) is 9.58. The van der Waals surface area contributed by atoms with Crippen LogP contribution < -0.4 is 0 Å². The summed E-state index contributed by atoms with van der Waals surface area (Å²) in [5.41, 5.74) is 0.0496. The zero-order valence-electron chi connectivity index (χ0n) is 16.5. The summed E-state index contributed by atoms with van der Waals surface area (Å²) in [6.45, 7) is -0.312. The highest BCUT2D eigenvalue weighted by molar-refractivity contribution is 7.89. The number of carboxylic acids is 1. The molecule has 0 unspecified atom stereocenters. The number of aromatic hydroxyl groups is 2. The minimum absolute atomic E-state index is 0.0263. The van der Waals surface area contributed by atoms with Crippen LogP contribution in [0.4, 0.5) is 4.39 Å². The molecule has 1 atom stereocenters. The lowest BCUT2D eigenvalue weighted by Gasteiger charge is -2.22. The number of hydrogen-bond acceptors (Lipinski definition) is 6. The van der Waals surface area contributed by atoms with Gasteiger partial charge in [0.15, 0.2) is 11.5 Å². The summed E-state index contributed by atoms with van der Waals surface area (Å²) < 4.78 is 40.9. The van der Waals surface area contributed by atoms with E-state index in [1.807, 2.05) is 0 Å². The first-order chi connectivity index (χ1) is 15.0. The Labute approximate surface area is 187 Å². The number of carboxylic acid groups (broad SMARTS) is 1. The summed E-state index contributed by atoms with van der Waals surface area (Å²) >= 11 is 5.78. The fourth-order valence-electron chi connectivity index (χ4n) is 4.10. The molecule has 9 nitrogen and oxygen atoms in total. The van der Waals surface area contributed by atoms with Gasteiger partial charge in [-0.3, -0.25) is 9.59 Å². The van der Waals surface area contributed by atoms with Crippen molar-refractivity contribution in [2.24, 2.45) is 0 Å². The highest BCUT2D eigenvalue weighted by atomic mass is 35.5. The second-order valence-electron chi connectivity index (χ2n) is 7.62. The molecule has 0 aromatic heterocycles. The Kier molecular flexibility index (Phi) is 5.51. The van der Waals surface area contributed by atoms with Crippen molar-refractivity contribution >= 4 is 33.5 Å². The van der Waals surface area contributed by atoms with E-state index in [0.717, 1.165) is 16.4 Å². The number of carbonyl (C=O) groups excluding carboxylic acids is 1. The Morgan fingerprint density at radius 2 is 1.97 bits per heavy atom. The van der Waals surface area contributed by atoms with Crippen molar-refractivity contribution in [3.8, 4) is 11.5 Å². The minimum atomic E-state index is -4.40. The van der Waals surface area contributed by atoms with Gasteiger partial charge in [-0.15, -0.1) is 0 Å². The van der Waals surface area contributed by atoms with Crippen LogP contribution in [0.1, 0.15) is 34.3 Å². The van der Waals surface area contributed by atoms with E-state index < -0.39 is 50.2 Å². The number of phenolic OH excluding ortho intramolecular Hbond substituents is 2. The van der Waals surface area contributed by atoms with E-state index >= 15 is 0 Å². The van der Waals surface area contributed by atoms with Gasteiger partial charge in [0.05, 0.1) is 15.5 Å².